The van der Waals surface area contributed by atoms with Crippen molar-refractivity contribution in [1.29, 1.82) is 0 Å². The van der Waals surface area contributed by atoms with Crippen molar-refractivity contribution in [2.24, 2.45) is 5.73 Å². The molecule has 2 amide bonds. The SMILES string of the molecule is Cc1ccc(C(CC(N)=O)CP(=O)(O)[C@H](Cc2ccccc2)NC(=O)OC(C)(C)C)cc1. The van der Waals surface area contributed by atoms with Gasteiger partial charge in [0.25, 0.3) is 0 Å². The van der Waals surface area contributed by atoms with Crippen molar-refractivity contribution in [2.75, 3.05) is 6.16 Å². The van der Waals surface area contributed by atoms with Crippen LogP contribution in [0.4, 0.5) is 4.79 Å². The van der Waals surface area contributed by atoms with Crippen molar-refractivity contribution in [3.8, 4) is 0 Å². The summed E-state index contributed by atoms with van der Waals surface area (Å²) in [5.41, 5.74) is 7.26. The zero-order chi connectivity index (χ0) is 23.9. The van der Waals surface area contributed by atoms with E-state index in [4.69, 9.17) is 10.5 Å². The first kappa shape index (κ1) is 25.6. The van der Waals surface area contributed by atoms with E-state index in [0.29, 0.717) is 0 Å². The number of alkyl carbamates (subject to hydrolysis) is 1. The number of nitrogens with two attached hydrogens (primary N) is 1. The van der Waals surface area contributed by atoms with Gasteiger partial charge in [0, 0.05) is 24.9 Å². The second-order valence-electron chi connectivity index (χ2n) is 9.07. The number of carbonyl (C=O) groups excluding carboxylic acids is 2. The van der Waals surface area contributed by atoms with E-state index in [1.54, 1.807) is 20.8 Å². The highest BCUT2D eigenvalue weighted by atomic mass is 31.2. The fraction of sp³-hybridized carbons (Fsp3) is 0.417. The Bertz CT molecular complexity index is 955. The molecule has 0 saturated carbocycles. The number of nitrogens with one attached hydrogen (secondary N) is 1. The Morgan fingerprint density at radius 3 is 2.22 bits per heavy atom. The van der Waals surface area contributed by atoms with Gasteiger partial charge >= 0.3 is 6.09 Å². The molecule has 0 radical (unpaired) electrons. The highest BCUT2D eigenvalue weighted by Gasteiger charge is 2.37. The van der Waals surface area contributed by atoms with E-state index in [2.05, 4.69) is 5.32 Å². The predicted octanol–water partition coefficient (Wildman–Crippen LogP) is 4.32. The Balaban J connectivity index is 2.32. The molecule has 0 saturated heterocycles. The van der Waals surface area contributed by atoms with Gasteiger partial charge < -0.3 is 20.7 Å². The van der Waals surface area contributed by atoms with E-state index < -0.39 is 36.7 Å². The van der Waals surface area contributed by atoms with Crippen LogP contribution >= 0.6 is 7.37 Å². The lowest BCUT2D eigenvalue weighted by molar-refractivity contribution is -0.118. The lowest BCUT2D eigenvalue weighted by Crippen LogP contribution is -2.41. The molecule has 0 heterocycles. The summed E-state index contributed by atoms with van der Waals surface area (Å²) in [4.78, 5) is 35.2. The van der Waals surface area contributed by atoms with Crippen LogP contribution in [0.25, 0.3) is 0 Å². The summed E-state index contributed by atoms with van der Waals surface area (Å²) in [6.07, 6.45) is -0.898. The lowest BCUT2D eigenvalue weighted by Gasteiger charge is -2.29. The van der Waals surface area contributed by atoms with Crippen LogP contribution in [0.1, 0.15) is 49.8 Å². The summed E-state index contributed by atoms with van der Waals surface area (Å²) in [5, 5.41) is 2.59. The standard InChI is InChI=1S/C24H33N2O5P/c1-17-10-12-19(13-11-17)20(15-21(25)27)16-32(29,30)22(14-18-8-6-5-7-9-18)26-23(28)31-24(2,3)4/h5-13,20,22H,14-16H2,1-4H3,(H2,25,27)(H,26,28)(H,29,30)/t20?,22-/m1/s1. The molecular weight excluding hydrogens is 427 g/mol. The normalized spacial score (nSPS) is 15.3. The van der Waals surface area contributed by atoms with Crippen molar-refractivity contribution >= 4 is 19.4 Å². The van der Waals surface area contributed by atoms with Gasteiger partial charge in [0.1, 0.15) is 11.4 Å². The van der Waals surface area contributed by atoms with Crippen molar-refractivity contribution in [2.45, 2.75) is 57.8 Å². The molecule has 0 bridgehead atoms. The van der Waals surface area contributed by atoms with E-state index in [1.807, 2.05) is 61.5 Å². The number of benzene rings is 2. The van der Waals surface area contributed by atoms with Crippen molar-refractivity contribution in [3.63, 3.8) is 0 Å². The fourth-order valence-corrected chi connectivity index (χ4v) is 5.42. The molecule has 0 aliphatic carbocycles. The zero-order valence-electron chi connectivity index (χ0n) is 19.1. The molecule has 2 rings (SSSR count). The topological polar surface area (TPSA) is 119 Å². The minimum absolute atomic E-state index is 0.0713. The third-order valence-electron chi connectivity index (χ3n) is 4.92. The van der Waals surface area contributed by atoms with Crippen molar-refractivity contribution in [3.05, 3.63) is 71.3 Å². The summed E-state index contributed by atoms with van der Waals surface area (Å²) in [7, 11) is -4.00. The third kappa shape index (κ3) is 8.48. The van der Waals surface area contributed by atoms with Gasteiger partial charge in [-0.2, -0.15) is 0 Å². The maximum absolute atomic E-state index is 13.6. The van der Waals surface area contributed by atoms with Crippen molar-refractivity contribution < 1.29 is 23.8 Å². The van der Waals surface area contributed by atoms with E-state index in [1.165, 1.54) is 0 Å². The van der Waals surface area contributed by atoms with Gasteiger partial charge in [-0.25, -0.2) is 4.79 Å². The Hall–Kier alpha value is -2.63. The summed E-state index contributed by atoms with van der Waals surface area (Å²) in [6, 6.07) is 16.6. The molecule has 0 aliphatic heterocycles. The number of rotatable bonds is 9. The molecule has 2 unspecified atom stereocenters. The van der Waals surface area contributed by atoms with E-state index in [9.17, 15) is 19.0 Å². The minimum atomic E-state index is -4.00. The van der Waals surface area contributed by atoms with Crippen LogP contribution in [0.15, 0.2) is 54.6 Å². The summed E-state index contributed by atoms with van der Waals surface area (Å²) in [5.74, 6) is -2.20. The van der Waals surface area contributed by atoms with Gasteiger partial charge in [0.05, 0.1) is 0 Å². The van der Waals surface area contributed by atoms with Crippen LogP contribution < -0.4 is 11.1 Å². The third-order valence-corrected chi connectivity index (χ3v) is 7.17. The second kappa shape index (κ2) is 10.8. The molecule has 4 N–H and O–H groups in total. The van der Waals surface area contributed by atoms with E-state index in [0.717, 1.165) is 16.7 Å². The zero-order valence-corrected chi connectivity index (χ0v) is 20.0. The summed E-state index contributed by atoms with van der Waals surface area (Å²) < 4.78 is 18.9. The van der Waals surface area contributed by atoms with Gasteiger partial charge in [0.15, 0.2) is 0 Å². The first-order valence-corrected chi connectivity index (χ1v) is 12.5. The highest BCUT2D eigenvalue weighted by molar-refractivity contribution is 7.58. The number of carbonyl (C=O) groups is 2. The van der Waals surface area contributed by atoms with Crippen LogP contribution in [0, 0.1) is 6.92 Å². The molecule has 0 aromatic heterocycles. The highest BCUT2D eigenvalue weighted by Crippen LogP contribution is 2.50. The number of hydrogen-bond donors (Lipinski definition) is 3. The van der Waals surface area contributed by atoms with Gasteiger partial charge in [-0.15, -0.1) is 0 Å². The smallest absolute Gasteiger partial charge is 0.408 e. The summed E-state index contributed by atoms with van der Waals surface area (Å²) >= 11 is 0. The minimum Gasteiger partial charge on any atom is -0.444 e. The number of amides is 2. The molecule has 2 aromatic carbocycles. The Morgan fingerprint density at radius 2 is 1.69 bits per heavy atom. The van der Waals surface area contributed by atoms with E-state index >= 15 is 0 Å². The maximum Gasteiger partial charge on any atom is 0.408 e. The first-order valence-electron chi connectivity index (χ1n) is 10.6. The molecule has 3 atom stereocenters. The average Bonchev–Trinajstić information content (AvgIpc) is 2.66. The first-order chi connectivity index (χ1) is 14.9. The lowest BCUT2D eigenvalue weighted by atomic mass is 9.96. The number of primary amides is 1. The molecule has 8 heteroatoms. The molecule has 32 heavy (non-hydrogen) atoms. The Labute approximate surface area is 189 Å². The van der Waals surface area contributed by atoms with Gasteiger partial charge in [-0.1, -0.05) is 60.2 Å². The van der Waals surface area contributed by atoms with Crippen LogP contribution in [0.2, 0.25) is 0 Å². The quantitative estimate of drug-likeness (QED) is 0.482. The average molecular weight is 461 g/mol. The van der Waals surface area contributed by atoms with Crippen LogP contribution in [0.3, 0.4) is 0 Å². The monoisotopic (exact) mass is 460 g/mol. The van der Waals surface area contributed by atoms with Crippen LogP contribution in [0.5, 0.6) is 0 Å². The number of ether oxygens (including phenoxy) is 1. The molecule has 0 aliphatic rings. The number of aryl methyl sites for hydroxylation is 1. The maximum atomic E-state index is 13.6. The van der Waals surface area contributed by atoms with Crippen LogP contribution in [-0.4, -0.2) is 34.4 Å². The van der Waals surface area contributed by atoms with Gasteiger partial charge in [0.2, 0.25) is 13.3 Å². The van der Waals surface area contributed by atoms with Crippen molar-refractivity contribution in [1.82, 2.24) is 5.32 Å². The van der Waals surface area contributed by atoms with E-state index in [-0.39, 0.29) is 19.0 Å². The Morgan fingerprint density at radius 1 is 1.09 bits per heavy atom. The fourth-order valence-electron chi connectivity index (χ4n) is 3.39. The molecule has 0 fully saturated rings. The molecule has 0 spiro atoms. The second-order valence-corrected chi connectivity index (χ2v) is 11.6. The molecule has 7 nitrogen and oxygen atoms in total. The van der Waals surface area contributed by atoms with Crippen LogP contribution in [-0.2, 0) is 20.5 Å². The molecule has 174 valence electrons. The largest absolute Gasteiger partial charge is 0.444 e. The molecule has 2 aromatic rings. The summed E-state index contributed by atoms with van der Waals surface area (Å²) in [6.45, 7) is 7.09. The molecular formula is C24H33N2O5P. The van der Waals surface area contributed by atoms with Gasteiger partial charge in [-0.3, -0.25) is 9.36 Å². The Kier molecular flexibility index (Phi) is 8.65. The van der Waals surface area contributed by atoms with Gasteiger partial charge in [-0.05, 0) is 38.8 Å². The predicted molar refractivity (Wildman–Crippen MR) is 126 cm³/mol. The number of hydrogen-bond acceptors (Lipinski definition) is 4.